The summed E-state index contributed by atoms with van der Waals surface area (Å²) in [5.74, 6) is -9.18. The van der Waals surface area contributed by atoms with Crippen LogP contribution in [0.3, 0.4) is 0 Å². The molecule has 0 aliphatic carbocycles. The van der Waals surface area contributed by atoms with Crippen molar-refractivity contribution in [3.8, 4) is 0 Å². The number of aliphatic carboxylic acids is 2. The Balaban J connectivity index is 4.94. The van der Waals surface area contributed by atoms with Crippen LogP contribution in [0.5, 0.6) is 0 Å². The van der Waals surface area contributed by atoms with Gasteiger partial charge in [0, 0.05) is 0 Å². The number of hydrogen-bond donors (Lipinski definition) is 4. The predicted molar refractivity (Wildman–Crippen MR) is 40.8 cm³/mol. The summed E-state index contributed by atoms with van der Waals surface area (Å²) >= 11 is 0. The van der Waals surface area contributed by atoms with Crippen molar-refractivity contribution in [3.63, 3.8) is 0 Å². The molecule has 0 aromatic carbocycles. The van der Waals surface area contributed by atoms with Gasteiger partial charge in [-0.15, -0.1) is 0 Å². The van der Waals surface area contributed by atoms with E-state index in [0.717, 1.165) is 0 Å². The summed E-state index contributed by atoms with van der Waals surface area (Å²) < 4.78 is 0. The molecular weight excluding hydrogens is 180 g/mol. The van der Waals surface area contributed by atoms with Crippen molar-refractivity contribution in [1.82, 2.24) is 0 Å². The number of carboxylic acid groups (broad SMARTS) is 2. The Kier molecular flexibility index (Phi) is 3.39. The molecule has 0 aromatic rings. The molecule has 0 fully saturated rings. The third-order valence-electron chi connectivity index (χ3n) is 1.68. The van der Waals surface area contributed by atoms with Crippen LogP contribution in [0, 0.1) is 11.8 Å². The first kappa shape index (κ1) is 11.9. The average molecular weight is 192 g/mol. The first-order chi connectivity index (χ1) is 5.71. The van der Waals surface area contributed by atoms with Gasteiger partial charge in [-0.25, -0.2) is 4.79 Å². The Hall–Kier alpha value is -1.14. The fourth-order valence-corrected chi connectivity index (χ4v) is 1.06. The molecule has 0 rings (SSSR count). The quantitative estimate of drug-likeness (QED) is 0.429. The van der Waals surface area contributed by atoms with Gasteiger partial charge in [0.05, 0.1) is 0 Å². The van der Waals surface area contributed by atoms with Crippen LogP contribution < -0.4 is 0 Å². The van der Waals surface area contributed by atoms with Gasteiger partial charge >= 0.3 is 11.9 Å². The number of aliphatic hydroxyl groups is 2. The molecule has 76 valence electrons. The fraction of sp³-hybridized carbons (Fsp3) is 0.714. The van der Waals surface area contributed by atoms with Crippen molar-refractivity contribution in [1.29, 1.82) is 0 Å². The molecule has 0 aliphatic heterocycles. The van der Waals surface area contributed by atoms with E-state index in [2.05, 4.69) is 0 Å². The molecule has 6 heteroatoms. The highest BCUT2D eigenvalue weighted by molar-refractivity contribution is 5.83. The van der Waals surface area contributed by atoms with Crippen molar-refractivity contribution >= 4 is 11.9 Å². The molecule has 0 saturated heterocycles. The molecule has 1 atom stereocenters. The van der Waals surface area contributed by atoms with Gasteiger partial charge < -0.3 is 20.4 Å². The smallest absolute Gasteiger partial charge is 0.364 e. The molecule has 0 aromatic heterocycles. The van der Waals surface area contributed by atoms with E-state index in [0.29, 0.717) is 0 Å². The van der Waals surface area contributed by atoms with Gasteiger partial charge in [0.1, 0.15) is 5.92 Å². The molecule has 0 radical (unpaired) electrons. The Morgan fingerprint density at radius 2 is 1.54 bits per heavy atom. The molecule has 0 heterocycles. The molecule has 0 saturated carbocycles. The zero-order valence-electron chi connectivity index (χ0n) is 7.26. The standard InChI is InChI=1S/C7H12O6/c1-3(2)4(5(8)9)7(12,13)6(10)11/h3-4,12-13H,1-2H3,(H,8,9)(H,10,11). The number of rotatable bonds is 4. The van der Waals surface area contributed by atoms with E-state index in [-0.39, 0.29) is 0 Å². The lowest BCUT2D eigenvalue weighted by molar-refractivity contribution is -0.231. The van der Waals surface area contributed by atoms with E-state index in [1.54, 1.807) is 0 Å². The van der Waals surface area contributed by atoms with Crippen molar-refractivity contribution in [3.05, 3.63) is 0 Å². The summed E-state index contributed by atoms with van der Waals surface area (Å²) in [7, 11) is 0. The van der Waals surface area contributed by atoms with E-state index < -0.39 is 29.6 Å². The van der Waals surface area contributed by atoms with Crippen LogP contribution in [0.25, 0.3) is 0 Å². The summed E-state index contributed by atoms with van der Waals surface area (Å²) in [5.41, 5.74) is 0. The van der Waals surface area contributed by atoms with Crippen LogP contribution in [-0.2, 0) is 9.59 Å². The van der Waals surface area contributed by atoms with Crippen molar-refractivity contribution < 1.29 is 30.0 Å². The van der Waals surface area contributed by atoms with Crippen LogP contribution in [0.4, 0.5) is 0 Å². The minimum absolute atomic E-state index is 0.691. The summed E-state index contributed by atoms with van der Waals surface area (Å²) in [4.78, 5) is 20.8. The molecule has 13 heavy (non-hydrogen) atoms. The van der Waals surface area contributed by atoms with Gasteiger partial charge in [0.15, 0.2) is 0 Å². The van der Waals surface area contributed by atoms with Gasteiger partial charge in [0.25, 0.3) is 5.79 Å². The topological polar surface area (TPSA) is 115 Å². The second-order valence-corrected chi connectivity index (χ2v) is 3.09. The third kappa shape index (κ3) is 2.40. The number of carboxylic acids is 2. The van der Waals surface area contributed by atoms with Crippen molar-refractivity contribution in [2.24, 2.45) is 11.8 Å². The van der Waals surface area contributed by atoms with E-state index in [9.17, 15) is 9.59 Å². The molecule has 0 aliphatic rings. The lowest BCUT2D eigenvalue weighted by atomic mass is 9.87. The maximum Gasteiger partial charge on any atom is 0.364 e. The molecule has 0 amide bonds. The maximum absolute atomic E-state index is 10.5. The molecule has 4 N–H and O–H groups in total. The molecule has 1 unspecified atom stereocenters. The molecular formula is C7H12O6. The monoisotopic (exact) mass is 192 g/mol. The van der Waals surface area contributed by atoms with Gasteiger partial charge in [-0.3, -0.25) is 4.79 Å². The van der Waals surface area contributed by atoms with Gasteiger partial charge in [0.2, 0.25) is 0 Å². The highest BCUT2D eigenvalue weighted by Gasteiger charge is 2.48. The van der Waals surface area contributed by atoms with Crippen molar-refractivity contribution in [2.45, 2.75) is 19.6 Å². The third-order valence-corrected chi connectivity index (χ3v) is 1.68. The predicted octanol–water partition coefficient (Wildman–Crippen LogP) is -0.891. The molecule has 0 bridgehead atoms. The Labute approximate surface area is 74.4 Å². The number of carbonyl (C=O) groups is 2. The summed E-state index contributed by atoms with van der Waals surface area (Å²) in [6.45, 7) is 2.78. The zero-order chi connectivity index (χ0) is 10.8. The summed E-state index contributed by atoms with van der Waals surface area (Å²) in [6, 6.07) is 0. The van der Waals surface area contributed by atoms with Crippen LogP contribution in [0.1, 0.15) is 13.8 Å². The largest absolute Gasteiger partial charge is 0.481 e. The molecule has 0 spiro atoms. The SMILES string of the molecule is CC(C)C(C(=O)O)C(O)(O)C(=O)O. The van der Waals surface area contributed by atoms with Crippen LogP contribution in [0.2, 0.25) is 0 Å². The summed E-state index contributed by atoms with van der Waals surface area (Å²) in [6.07, 6.45) is 0. The van der Waals surface area contributed by atoms with Crippen LogP contribution >= 0.6 is 0 Å². The first-order valence-electron chi connectivity index (χ1n) is 3.62. The fourth-order valence-electron chi connectivity index (χ4n) is 1.06. The van der Waals surface area contributed by atoms with E-state index >= 15 is 0 Å². The summed E-state index contributed by atoms with van der Waals surface area (Å²) in [5, 5.41) is 34.8. The number of hydrogen-bond acceptors (Lipinski definition) is 4. The first-order valence-corrected chi connectivity index (χ1v) is 3.62. The minimum Gasteiger partial charge on any atom is -0.481 e. The average Bonchev–Trinajstić information content (AvgIpc) is 1.82. The second kappa shape index (κ2) is 3.71. The highest BCUT2D eigenvalue weighted by Crippen LogP contribution is 2.23. The van der Waals surface area contributed by atoms with Crippen molar-refractivity contribution in [2.75, 3.05) is 0 Å². The Bertz CT molecular complexity index is 219. The van der Waals surface area contributed by atoms with E-state index in [1.165, 1.54) is 13.8 Å². The second-order valence-electron chi connectivity index (χ2n) is 3.09. The highest BCUT2D eigenvalue weighted by atomic mass is 16.5. The lowest BCUT2D eigenvalue weighted by Crippen LogP contribution is -2.51. The maximum atomic E-state index is 10.5. The van der Waals surface area contributed by atoms with E-state index in [1.807, 2.05) is 0 Å². The van der Waals surface area contributed by atoms with Gasteiger partial charge in [-0.05, 0) is 5.92 Å². The van der Waals surface area contributed by atoms with Gasteiger partial charge in [-0.1, -0.05) is 13.8 Å². The molecule has 6 nitrogen and oxygen atoms in total. The Morgan fingerprint density at radius 1 is 1.15 bits per heavy atom. The zero-order valence-corrected chi connectivity index (χ0v) is 7.26. The normalized spacial score (nSPS) is 14.2. The lowest BCUT2D eigenvalue weighted by Gasteiger charge is -2.26. The Morgan fingerprint density at radius 3 is 1.62 bits per heavy atom. The minimum atomic E-state index is -3.22. The van der Waals surface area contributed by atoms with Crippen LogP contribution in [0.15, 0.2) is 0 Å². The van der Waals surface area contributed by atoms with Gasteiger partial charge in [-0.2, -0.15) is 0 Å². The van der Waals surface area contributed by atoms with Crippen LogP contribution in [-0.4, -0.2) is 38.2 Å². The van der Waals surface area contributed by atoms with E-state index in [4.69, 9.17) is 20.4 Å².